The average Bonchev–Trinajstić information content (AvgIpc) is 3.19. The number of hydrogen-bond donors (Lipinski definition) is 2. The maximum atomic E-state index is 11.0. The van der Waals surface area contributed by atoms with Gasteiger partial charge in [-0.2, -0.15) is 5.10 Å². The second-order valence-electron chi connectivity index (χ2n) is 7.23. The first kappa shape index (κ1) is 18.2. The minimum absolute atomic E-state index is 0.254. The predicted molar refractivity (Wildman–Crippen MR) is 107 cm³/mol. The Morgan fingerprint density at radius 3 is 2.61 bits per heavy atom. The normalized spacial score (nSPS) is 14.8. The van der Waals surface area contributed by atoms with Gasteiger partial charge in [0.1, 0.15) is 0 Å². The van der Waals surface area contributed by atoms with Gasteiger partial charge < -0.3 is 10.4 Å². The number of aromatic nitrogens is 4. The summed E-state index contributed by atoms with van der Waals surface area (Å²) in [7, 11) is 0. The second-order valence-corrected chi connectivity index (χ2v) is 7.23. The number of rotatable bonds is 5. The Morgan fingerprint density at radius 2 is 1.89 bits per heavy atom. The van der Waals surface area contributed by atoms with E-state index >= 15 is 0 Å². The molecule has 1 aliphatic rings. The van der Waals surface area contributed by atoms with E-state index in [1.54, 1.807) is 36.7 Å². The number of nitrogens with one attached hydrogen (secondary N) is 1. The molecule has 0 aliphatic heterocycles. The Morgan fingerprint density at radius 1 is 1.14 bits per heavy atom. The minimum Gasteiger partial charge on any atom is -0.478 e. The zero-order chi connectivity index (χ0) is 19.5. The van der Waals surface area contributed by atoms with Gasteiger partial charge in [0, 0.05) is 18.0 Å². The summed E-state index contributed by atoms with van der Waals surface area (Å²) >= 11 is 0. The lowest BCUT2D eigenvalue weighted by atomic mass is 9.96. The molecule has 28 heavy (non-hydrogen) atoms. The summed E-state index contributed by atoms with van der Waals surface area (Å²) in [5.41, 5.74) is 3.66. The van der Waals surface area contributed by atoms with Gasteiger partial charge in [0.25, 0.3) is 0 Å². The molecule has 2 N–H and O–H groups in total. The molecule has 3 aromatic rings. The number of nitrogens with zero attached hydrogens (tertiary/aromatic N) is 4. The number of aryl methyl sites for hydroxylation is 1. The highest BCUT2D eigenvalue weighted by Crippen LogP contribution is 2.29. The van der Waals surface area contributed by atoms with E-state index in [1.807, 2.05) is 17.8 Å². The molecule has 2 aromatic heterocycles. The highest BCUT2D eigenvalue weighted by molar-refractivity contribution is 5.88. The van der Waals surface area contributed by atoms with Gasteiger partial charge in [-0.1, -0.05) is 31.4 Å². The first-order chi connectivity index (χ1) is 13.6. The van der Waals surface area contributed by atoms with E-state index in [0.29, 0.717) is 12.0 Å². The van der Waals surface area contributed by atoms with Crippen LogP contribution in [-0.2, 0) is 0 Å². The molecule has 7 nitrogen and oxygen atoms in total. The van der Waals surface area contributed by atoms with E-state index in [1.165, 1.54) is 32.1 Å². The van der Waals surface area contributed by atoms with E-state index in [9.17, 15) is 4.79 Å². The molecule has 1 saturated carbocycles. The standard InChI is InChI=1S/C21H23N5O2/c1-14-11-22-21(25-19(14)15-7-9-16(10-8-15)20(27)28)24-17-12-23-26(13-17)18-5-3-2-4-6-18/h7-13,18H,2-6H2,1H3,(H,27,28)(H,22,24,25). The smallest absolute Gasteiger partial charge is 0.335 e. The van der Waals surface area contributed by atoms with E-state index < -0.39 is 5.97 Å². The summed E-state index contributed by atoms with van der Waals surface area (Å²) in [5, 5.41) is 16.8. The van der Waals surface area contributed by atoms with Crippen molar-refractivity contribution in [2.75, 3.05) is 5.32 Å². The third kappa shape index (κ3) is 3.88. The van der Waals surface area contributed by atoms with Crippen LogP contribution in [0.1, 0.15) is 54.1 Å². The van der Waals surface area contributed by atoms with Crippen LogP contribution in [0.3, 0.4) is 0 Å². The zero-order valence-corrected chi connectivity index (χ0v) is 15.8. The fraction of sp³-hybridized carbons (Fsp3) is 0.333. The van der Waals surface area contributed by atoms with Gasteiger partial charge in [-0.25, -0.2) is 14.8 Å². The van der Waals surface area contributed by atoms with Gasteiger partial charge in [-0.3, -0.25) is 4.68 Å². The molecule has 0 radical (unpaired) electrons. The van der Waals surface area contributed by atoms with Gasteiger partial charge in [0.2, 0.25) is 5.95 Å². The molecule has 144 valence electrons. The predicted octanol–water partition coefficient (Wildman–Crippen LogP) is 4.60. The molecule has 0 atom stereocenters. The number of carboxylic acid groups (broad SMARTS) is 1. The summed E-state index contributed by atoms with van der Waals surface area (Å²) in [5.74, 6) is -0.450. The van der Waals surface area contributed by atoms with Crippen molar-refractivity contribution in [3.63, 3.8) is 0 Å². The average molecular weight is 377 g/mol. The highest BCUT2D eigenvalue weighted by Gasteiger charge is 2.16. The van der Waals surface area contributed by atoms with E-state index in [0.717, 1.165) is 22.5 Å². The largest absolute Gasteiger partial charge is 0.478 e. The van der Waals surface area contributed by atoms with Crippen LogP contribution in [0.5, 0.6) is 0 Å². The Hall–Kier alpha value is -3.22. The Kier molecular flexibility index (Phi) is 5.06. The number of aromatic carboxylic acids is 1. The van der Waals surface area contributed by atoms with Crippen LogP contribution in [0.15, 0.2) is 42.9 Å². The molecule has 0 spiro atoms. The van der Waals surface area contributed by atoms with Crippen molar-refractivity contribution in [3.8, 4) is 11.3 Å². The van der Waals surface area contributed by atoms with Crippen molar-refractivity contribution in [3.05, 3.63) is 54.0 Å². The lowest BCUT2D eigenvalue weighted by molar-refractivity contribution is 0.0697. The van der Waals surface area contributed by atoms with Crippen molar-refractivity contribution in [2.24, 2.45) is 0 Å². The van der Waals surface area contributed by atoms with Crippen molar-refractivity contribution in [1.29, 1.82) is 0 Å². The third-order valence-corrected chi connectivity index (χ3v) is 5.18. The van der Waals surface area contributed by atoms with Crippen LogP contribution < -0.4 is 5.32 Å². The first-order valence-electron chi connectivity index (χ1n) is 9.59. The van der Waals surface area contributed by atoms with Crippen LogP contribution in [-0.4, -0.2) is 30.8 Å². The van der Waals surface area contributed by atoms with Crippen LogP contribution in [0.25, 0.3) is 11.3 Å². The number of hydrogen-bond acceptors (Lipinski definition) is 5. The molecule has 4 rings (SSSR count). The summed E-state index contributed by atoms with van der Waals surface area (Å²) in [6, 6.07) is 7.18. The van der Waals surface area contributed by atoms with Crippen LogP contribution in [0.2, 0.25) is 0 Å². The topological polar surface area (TPSA) is 92.9 Å². The quantitative estimate of drug-likeness (QED) is 0.675. The van der Waals surface area contributed by atoms with Crippen LogP contribution in [0.4, 0.5) is 11.6 Å². The minimum atomic E-state index is -0.941. The lowest BCUT2D eigenvalue weighted by Crippen LogP contribution is -2.12. The molecule has 1 fully saturated rings. The fourth-order valence-electron chi connectivity index (χ4n) is 3.64. The summed E-state index contributed by atoms with van der Waals surface area (Å²) in [6.45, 7) is 1.94. The molecule has 0 saturated heterocycles. The van der Waals surface area contributed by atoms with Crippen LogP contribution >= 0.6 is 0 Å². The molecular formula is C21H23N5O2. The number of benzene rings is 1. The summed E-state index contributed by atoms with van der Waals surface area (Å²) < 4.78 is 2.04. The first-order valence-corrected chi connectivity index (χ1v) is 9.59. The van der Waals surface area contributed by atoms with Gasteiger partial charge >= 0.3 is 5.97 Å². The number of carboxylic acids is 1. The molecule has 2 heterocycles. The second kappa shape index (κ2) is 7.80. The summed E-state index contributed by atoms with van der Waals surface area (Å²) in [6.07, 6.45) is 11.8. The maximum absolute atomic E-state index is 11.0. The van der Waals surface area contributed by atoms with Crippen molar-refractivity contribution < 1.29 is 9.90 Å². The highest BCUT2D eigenvalue weighted by atomic mass is 16.4. The molecule has 1 aliphatic carbocycles. The van der Waals surface area contributed by atoms with Gasteiger partial charge in [-0.05, 0) is 37.5 Å². The maximum Gasteiger partial charge on any atom is 0.335 e. The fourth-order valence-corrected chi connectivity index (χ4v) is 3.64. The van der Waals surface area contributed by atoms with E-state index in [4.69, 9.17) is 5.11 Å². The van der Waals surface area contributed by atoms with Crippen molar-refractivity contribution >= 4 is 17.6 Å². The van der Waals surface area contributed by atoms with Crippen molar-refractivity contribution in [1.82, 2.24) is 19.7 Å². The molecule has 7 heteroatoms. The van der Waals surface area contributed by atoms with E-state index in [2.05, 4.69) is 20.4 Å². The Balaban J connectivity index is 1.54. The lowest BCUT2D eigenvalue weighted by Gasteiger charge is -2.21. The molecule has 1 aromatic carbocycles. The summed E-state index contributed by atoms with van der Waals surface area (Å²) in [4.78, 5) is 20.0. The Bertz CT molecular complexity index is 975. The molecule has 0 unspecified atom stereocenters. The van der Waals surface area contributed by atoms with Crippen LogP contribution in [0, 0.1) is 6.92 Å². The van der Waals surface area contributed by atoms with Gasteiger partial charge in [0.05, 0.1) is 29.2 Å². The van der Waals surface area contributed by atoms with E-state index in [-0.39, 0.29) is 5.56 Å². The Labute approximate surface area is 163 Å². The molecular weight excluding hydrogens is 354 g/mol. The van der Waals surface area contributed by atoms with Crippen molar-refractivity contribution in [2.45, 2.75) is 45.1 Å². The van der Waals surface area contributed by atoms with Gasteiger partial charge in [-0.15, -0.1) is 0 Å². The molecule has 0 amide bonds. The molecule has 0 bridgehead atoms. The van der Waals surface area contributed by atoms with Gasteiger partial charge in [0.15, 0.2) is 0 Å². The monoisotopic (exact) mass is 377 g/mol. The number of anilines is 2. The zero-order valence-electron chi connectivity index (χ0n) is 15.8. The SMILES string of the molecule is Cc1cnc(Nc2cnn(C3CCCCC3)c2)nc1-c1ccc(C(=O)O)cc1. The third-order valence-electron chi connectivity index (χ3n) is 5.18. The number of carbonyl (C=O) groups is 1.